The van der Waals surface area contributed by atoms with Crippen molar-refractivity contribution in [3.63, 3.8) is 0 Å². The summed E-state index contributed by atoms with van der Waals surface area (Å²) in [6, 6.07) is 9.48. The van der Waals surface area contributed by atoms with E-state index in [0.717, 1.165) is 18.4 Å². The summed E-state index contributed by atoms with van der Waals surface area (Å²) < 4.78 is 5.24. The predicted molar refractivity (Wildman–Crippen MR) is 81.3 cm³/mol. The number of nitrogens with zero attached hydrogens (tertiary/aromatic N) is 1. The molecule has 0 aromatic heterocycles. The molecule has 1 aliphatic heterocycles. The number of hydrogen-bond acceptors (Lipinski definition) is 4. The van der Waals surface area contributed by atoms with Crippen LogP contribution in [0, 0.1) is 0 Å². The van der Waals surface area contributed by atoms with Gasteiger partial charge in [-0.25, -0.2) is 4.79 Å². The number of carbonyl (C=O) groups is 1. The van der Waals surface area contributed by atoms with Gasteiger partial charge >= 0.3 is 6.09 Å². The standard InChI is InChI=1S/C17H21NO4/c19-15-9-5-4-8-14(15)17(21)11-18(12-17)16(20)22-10-13-6-2-1-3-7-13/h1-3,6-7,19,21H,4-5,8-12H2. The van der Waals surface area contributed by atoms with Crippen molar-refractivity contribution in [3.05, 3.63) is 47.2 Å². The lowest BCUT2D eigenvalue weighted by Crippen LogP contribution is -2.64. The Bertz CT molecular complexity index is 576. The molecule has 0 unspecified atom stereocenters. The molecule has 2 N–H and O–H groups in total. The minimum atomic E-state index is -1.07. The van der Waals surface area contributed by atoms with E-state index in [1.165, 1.54) is 4.90 Å². The molecule has 5 nitrogen and oxygen atoms in total. The molecule has 2 aliphatic rings. The number of amides is 1. The Morgan fingerprint density at radius 3 is 2.55 bits per heavy atom. The molecule has 5 heteroatoms. The summed E-state index contributed by atoms with van der Waals surface area (Å²) in [6.07, 6.45) is 2.82. The third-order valence-corrected chi connectivity index (χ3v) is 4.37. The Labute approximate surface area is 129 Å². The quantitative estimate of drug-likeness (QED) is 0.901. The number of benzene rings is 1. The van der Waals surface area contributed by atoms with E-state index in [1.54, 1.807) is 0 Å². The second-order valence-electron chi connectivity index (χ2n) is 6.06. The largest absolute Gasteiger partial charge is 0.512 e. The van der Waals surface area contributed by atoms with E-state index in [4.69, 9.17) is 4.74 Å². The number of carbonyl (C=O) groups excluding carboxylic acids is 1. The minimum absolute atomic E-state index is 0.194. The first-order valence-electron chi connectivity index (χ1n) is 7.68. The Morgan fingerprint density at radius 1 is 1.18 bits per heavy atom. The smallest absolute Gasteiger partial charge is 0.410 e. The van der Waals surface area contributed by atoms with Crippen molar-refractivity contribution >= 4 is 6.09 Å². The third kappa shape index (κ3) is 2.95. The van der Waals surface area contributed by atoms with Crippen LogP contribution in [0.4, 0.5) is 4.79 Å². The number of β-amino-alcohol motifs (C(OH)–C–C–N with tert-alkyl or cyclic N) is 1. The number of likely N-dealkylation sites (tertiary alicyclic amines) is 1. The molecular formula is C17H21NO4. The monoisotopic (exact) mass is 303 g/mol. The van der Waals surface area contributed by atoms with Crippen molar-refractivity contribution in [2.24, 2.45) is 0 Å². The van der Waals surface area contributed by atoms with Gasteiger partial charge in [0.1, 0.15) is 12.2 Å². The molecule has 0 saturated carbocycles. The lowest BCUT2D eigenvalue weighted by molar-refractivity contribution is -0.0685. The summed E-state index contributed by atoms with van der Waals surface area (Å²) >= 11 is 0. The SMILES string of the molecule is O=C(OCc1ccccc1)N1CC(O)(C2=C(O)CCCC2)C1. The van der Waals surface area contributed by atoms with Gasteiger partial charge in [0.15, 0.2) is 0 Å². The molecule has 1 heterocycles. The van der Waals surface area contributed by atoms with E-state index < -0.39 is 11.7 Å². The number of aliphatic hydroxyl groups is 2. The molecule has 0 radical (unpaired) electrons. The zero-order chi connectivity index (χ0) is 15.6. The Hall–Kier alpha value is -2.01. The van der Waals surface area contributed by atoms with Gasteiger partial charge in [0, 0.05) is 12.0 Å². The highest BCUT2D eigenvalue weighted by molar-refractivity contribution is 5.69. The van der Waals surface area contributed by atoms with Gasteiger partial charge in [-0.1, -0.05) is 30.3 Å². The molecule has 1 aromatic rings. The van der Waals surface area contributed by atoms with Crippen LogP contribution in [0.2, 0.25) is 0 Å². The summed E-state index contributed by atoms with van der Waals surface area (Å²) in [5.74, 6) is 0.297. The van der Waals surface area contributed by atoms with Gasteiger partial charge in [0.25, 0.3) is 0 Å². The molecule has 1 amide bonds. The van der Waals surface area contributed by atoms with Crippen LogP contribution in [-0.2, 0) is 11.3 Å². The fraction of sp³-hybridized carbons (Fsp3) is 0.471. The van der Waals surface area contributed by atoms with Crippen LogP contribution in [0.5, 0.6) is 0 Å². The van der Waals surface area contributed by atoms with Crippen LogP contribution in [0.1, 0.15) is 31.2 Å². The number of hydrogen-bond donors (Lipinski definition) is 2. The van der Waals surface area contributed by atoms with Crippen molar-refractivity contribution < 1.29 is 19.7 Å². The Morgan fingerprint density at radius 2 is 1.86 bits per heavy atom. The van der Waals surface area contributed by atoms with Crippen molar-refractivity contribution in [1.82, 2.24) is 4.90 Å². The summed E-state index contributed by atoms with van der Waals surface area (Å²) in [5, 5.41) is 20.5. The second kappa shape index (κ2) is 6.01. The summed E-state index contributed by atoms with van der Waals surface area (Å²) in [7, 11) is 0. The highest BCUT2D eigenvalue weighted by Gasteiger charge is 2.48. The number of aliphatic hydroxyl groups excluding tert-OH is 1. The maximum absolute atomic E-state index is 12.0. The van der Waals surface area contributed by atoms with Crippen LogP contribution in [0.3, 0.4) is 0 Å². The average Bonchev–Trinajstić information content (AvgIpc) is 2.51. The first-order valence-corrected chi connectivity index (χ1v) is 7.68. The Kier molecular flexibility index (Phi) is 4.07. The van der Waals surface area contributed by atoms with Gasteiger partial charge in [0.2, 0.25) is 0 Å². The molecule has 3 rings (SSSR count). The number of allylic oxidation sites excluding steroid dienone is 1. The first kappa shape index (κ1) is 14.9. The van der Waals surface area contributed by atoms with Gasteiger partial charge in [-0.2, -0.15) is 0 Å². The van der Waals surface area contributed by atoms with Gasteiger partial charge in [-0.3, -0.25) is 0 Å². The molecule has 1 aromatic carbocycles. The second-order valence-corrected chi connectivity index (χ2v) is 6.06. The fourth-order valence-corrected chi connectivity index (χ4v) is 3.11. The third-order valence-electron chi connectivity index (χ3n) is 4.37. The van der Waals surface area contributed by atoms with Gasteiger partial charge in [-0.15, -0.1) is 0 Å². The van der Waals surface area contributed by atoms with Gasteiger partial charge < -0.3 is 19.8 Å². The molecule has 1 fully saturated rings. The zero-order valence-corrected chi connectivity index (χ0v) is 12.5. The van der Waals surface area contributed by atoms with E-state index in [0.29, 0.717) is 24.2 Å². The van der Waals surface area contributed by atoms with Crippen LogP contribution in [0.25, 0.3) is 0 Å². The zero-order valence-electron chi connectivity index (χ0n) is 12.5. The maximum atomic E-state index is 12.0. The number of rotatable bonds is 3. The number of ether oxygens (including phenoxy) is 1. The summed E-state index contributed by atoms with van der Waals surface area (Å²) in [6.45, 7) is 0.614. The van der Waals surface area contributed by atoms with Gasteiger partial charge in [0.05, 0.1) is 18.8 Å². The van der Waals surface area contributed by atoms with E-state index >= 15 is 0 Å². The average molecular weight is 303 g/mol. The van der Waals surface area contributed by atoms with Crippen LogP contribution in [0.15, 0.2) is 41.7 Å². The predicted octanol–water partition coefficient (Wildman–Crippen LogP) is 2.76. The minimum Gasteiger partial charge on any atom is -0.512 e. The van der Waals surface area contributed by atoms with Crippen LogP contribution in [-0.4, -0.2) is 39.9 Å². The fourth-order valence-electron chi connectivity index (χ4n) is 3.11. The van der Waals surface area contributed by atoms with E-state index in [-0.39, 0.29) is 19.7 Å². The van der Waals surface area contributed by atoms with E-state index in [2.05, 4.69) is 0 Å². The highest BCUT2D eigenvalue weighted by Crippen LogP contribution is 2.37. The molecule has 1 aliphatic carbocycles. The molecule has 22 heavy (non-hydrogen) atoms. The first-order chi connectivity index (χ1) is 10.6. The summed E-state index contributed by atoms with van der Waals surface area (Å²) in [4.78, 5) is 13.4. The van der Waals surface area contributed by atoms with Crippen molar-refractivity contribution in [1.29, 1.82) is 0 Å². The van der Waals surface area contributed by atoms with Gasteiger partial charge in [-0.05, 0) is 24.8 Å². The maximum Gasteiger partial charge on any atom is 0.410 e. The van der Waals surface area contributed by atoms with E-state index in [9.17, 15) is 15.0 Å². The lowest BCUT2D eigenvalue weighted by Gasteiger charge is -2.47. The van der Waals surface area contributed by atoms with Crippen molar-refractivity contribution in [2.75, 3.05) is 13.1 Å². The van der Waals surface area contributed by atoms with Crippen LogP contribution < -0.4 is 0 Å². The van der Waals surface area contributed by atoms with E-state index in [1.807, 2.05) is 30.3 Å². The molecule has 0 atom stereocenters. The highest BCUT2D eigenvalue weighted by atomic mass is 16.6. The molecule has 0 spiro atoms. The lowest BCUT2D eigenvalue weighted by atomic mass is 9.79. The summed E-state index contributed by atoms with van der Waals surface area (Å²) in [5.41, 5.74) is 0.557. The molecule has 118 valence electrons. The van der Waals surface area contributed by atoms with Crippen LogP contribution >= 0.6 is 0 Å². The molecule has 0 bridgehead atoms. The molecular weight excluding hydrogens is 282 g/mol. The normalized spacial score (nSPS) is 20.5. The Balaban J connectivity index is 1.53. The van der Waals surface area contributed by atoms with Crippen molar-refractivity contribution in [3.8, 4) is 0 Å². The molecule has 1 saturated heterocycles. The van der Waals surface area contributed by atoms with Crippen molar-refractivity contribution in [2.45, 2.75) is 37.9 Å². The topological polar surface area (TPSA) is 70.0 Å².